The molecule has 2 rings (SSSR count). The Balaban J connectivity index is 1.84. The summed E-state index contributed by atoms with van der Waals surface area (Å²) >= 11 is 0. The number of methoxy groups -OCH3 is 1. The fourth-order valence-corrected chi connectivity index (χ4v) is 2.96. The Morgan fingerprint density at radius 1 is 1.25 bits per heavy atom. The molecule has 1 aromatic carbocycles. The van der Waals surface area contributed by atoms with E-state index in [0.29, 0.717) is 6.54 Å². The van der Waals surface area contributed by atoms with Crippen LogP contribution in [0.1, 0.15) is 6.92 Å². The molecule has 6 nitrogen and oxygen atoms in total. The number of hydrogen-bond donors (Lipinski definition) is 1. The van der Waals surface area contributed by atoms with Gasteiger partial charge in [-0.25, -0.2) is 0 Å². The topological polar surface area (TPSA) is 48.1 Å². The first kappa shape index (κ1) is 18.5. The van der Waals surface area contributed by atoms with E-state index >= 15 is 0 Å². The van der Waals surface area contributed by atoms with E-state index in [0.717, 1.165) is 44.2 Å². The molecular weight excluding hydrogens is 304 g/mol. The van der Waals surface area contributed by atoms with Crippen molar-refractivity contribution in [3.8, 4) is 5.75 Å². The highest BCUT2D eigenvalue weighted by atomic mass is 16.5. The predicted molar refractivity (Wildman–Crippen MR) is 97.8 cm³/mol. The number of nitrogens with one attached hydrogen (secondary N) is 1. The summed E-state index contributed by atoms with van der Waals surface area (Å²) in [6.45, 7) is 7.09. The number of amides is 1. The maximum atomic E-state index is 12.3. The minimum absolute atomic E-state index is 0.0908. The highest BCUT2D eigenvalue weighted by Crippen LogP contribution is 2.28. The molecule has 0 aromatic heterocycles. The van der Waals surface area contributed by atoms with Gasteiger partial charge in [0.25, 0.3) is 0 Å². The summed E-state index contributed by atoms with van der Waals surface area (Å²) in [6.07, 6.45) is 0. The van der Waals surface area contributed by atoms with Crippen molar-refractivity contribution in [1.82, 2.24) is 15.1 Å². The predicted octanol–water partition coefficient (Wildman–Crippen LogP) is 0.884. The molecule has 6 heteroatoms. The van der Waals surface area contributed by atoms with E-state index < -0.39 is 0 Å². The van der Waals surface area contributed by atoms with Crippen LogP contribution in [0.5, 0.6) is 5.75 Å². The third-order valence-electron chi connectivity index (χ3n) is 4.53. The number of hydrogen-bond acceptors (Lipinski definition) is 5. The number of likely N-dealkylation sites (N-methyl/N-ethyl adjacent to an activating group) is 1. The molecule has 0 saturated carbocycles. The average molecular weight is 334 g/mol. The zero-order valence-electron chi connectivity index (χ0n) is 15.3. The van der Waals surface area contributed by atoms with Crippen LogP contribution in [0.4, 0.5) is 5.69 Å². The van der Waals surface area contributed by atoms with Crippen molar-refractivity contribution in [2.75, 3.05) is 65.4 Å². The standard InChI is InChI=1S/C18H30N4O2/c1-15(18(23)19-9-10-20(2)3)21-11-13-22(14-12-21)16-7-5-6-8-17(16)24-4/h5-8,15H,9-14H2,1-4H3,(H,19,23)/t15-/m0/s1. The van der Waals surface area contributed by atoms with Crippen LogP contribution in [0.25, 0.3) is 0 Å². The number of piperazine rings is 1. The number of benzene rings is 1. The van der Waals surface area contributed by atoms with Gasteiger partial charge in [0.2, 0.25) is 5.91 Å². The SMILES string of the molecule is COc1ccccc1N1CCN([C@@H](C)C(=O)NCCN(C)C)CC1. The maximum absolute atomic E-state index is 12.3. The monoisotopic (exact) mass is 334 g/mol. The van der Waals surface area contributed by atoms with E-state index in [9.17, 15) is 4.79 Å². The van der Waals surface area contributed by atoms with E-state index in [1.807, 2.05) is 39.2 Å². The van der Waals surface area contributed by atoms with Crippen molar-refractivity contribution < 1.29 is 9.53 Å². The van der Waals surface area contributed by atoms with E-state index in [2.05, 4.69) is 26.1 Å². The van der Waals surface area contributed by atoms with Crippen molar-refractivity contribution in [3.05, 3.63) is 24.3 Å². The van der Waals surface area contributed by atoms with Gasteiger partial charge in [-0.15, -0.1) is 0 Å². The van der Waals surface area contributed by atoms with Gasteiger partial charge < -0.3 is 19.9 Å². The summed E-state index contributed by atoms with van der Waals surface area (Å²) in [7, 11) is 5.72. The fourth-order valence-electron chi connectivity index (χ4n) is 2.96. The number of anilines is 1. The second-order valence-corrected chi connectivity index (χ2v) is 6.47. The molecule has 1 fully saturated rings. The third-order valence-corrected chi connectivity index (χ3v) is 4.53. The zero-order chi connectivity index (χ0) is 17.5. The second-order valence-electron chi connectivity index (χ2n) is 6.47. The molecule has 0 bridgehead atoms. The lowest BCUT2D eigenvalue weighted by molar-refractivity contribution is -0.126. The molecule has 1 aromatic rings. The Morgan fingerprint density at radius 3 is 2.54 bits per heavy atom. The van der Waals surface area contributed by atoms with Gasteiger partial charge in [0.15, 0.2) is 0 Å². The highest BCUT2D eigenvalue weighted by molar-refractivity contribution is 5.81. The van der Waals surface area contributed by atoms with E-state index in [4.69, 9.17) is 4.74 Å². The molecule has 134 valence electrons. The first-order valence-electron chi connectivity index (χ1n) is 8.57. The van der Waals surface area contributed by atoms with Gasteiger partial charge in [-0.05, 0) is 33.2 Å². The highest BCUT2D eigenvalue weighted by Gasteiger charge is 2.26. The first-order chi connectivity index (χ1) is 11.5. The van der Waals surface area contributed by atoms with Crippen LogP contribution in [-0.4, -0.2) is 82.2 Å². The van der Waals surface area contributed by atoms with Gasteiger partial charge in [-0.3, -0.25) is 9.69 Å². The lowest BCUT2D eigenvalue weighted by Crippen LogP contribution is -2.54. The summed E-state index contributed by atoms with van der Waals surface area (Å²) < 4.78 is 5.45. The number of para-hydroxylation sites is 2. The van der Waals surface area contributed by atoms with Crippen molar-refractivity contribution >= 4 is 11.6 Å². The maximum Gasteiger partial charge on any atom is 0.237 e. The average Bonchev–Trinajstić information content (AvgIpc) is 2.60. The number of carbonyl (C=O) groups excluding carboxylic acids is 1. The van der Waals surface area contributed by atoms with Crippen LogP contribution < -0.4 is 15.0 Å². The van der Waals surface area contributed by atoms with Crippen LogP contribution >= 0.6 is 0 Å². The lowest BCUT2D eigenvalue weighted by atomic mass is 10.2. The molecule has 1 atom stereocenters. The molecule has 0 radical (unpaired) electrons. The molecule has 1 saturated heterocycles. The molecule has 0 aliphatic carbocycles. The summed E-state index contributed by atoms with van der Waals surface area (Å²) in [5, 5.41) is 3.02. The van der Waals surface area contributed by atoms with Crippen LogP contribution in [0.3, 0.4) is 0 Å². The Kier molecular flexibility index (Phi) is 6.87. The van der Waals surface area contributed by atoms with Gasteiger partial charge in [0.1, 0.15) is 5.75 Å². The Hall–Kier alpha value is -1.79. The van der Waals surface area contributed by atoms with Crippen LogP contribution in [-0.2, 0) is 4.79 Å². The Bertz CT molecular complexity index is 528. The van der Waals surface area contributed by atoms with Crippen LogP contribution in [0.15, 0.2) is 24.3 Å². The van der Waals surface area contributed by atoms with Gasteiger partial charge in [-0.2, -0.15) is 0 Å². The van der Waals surface area contributed by atoms with Crippen LogP contribution in [0, 0.1) is 0 Å². The smallest absolute Gasteiger partial charge is 0.237 e. The first-order valence-corrected chi connectivity index (χ1v) is 8.57. The van der Waals surface area contributed by atoms with Gasteiger partial charge in [-0.1, -0.05) is 12.1 Å². The molecule has 1 amide bonds. The number of nitrogens with zero attached hydrogens (tertiary/aromatic N) is 3. The molecule has 0 unspecified atom stereocenters. The fraction of sp³-hybridized carbons (Fsp3) is 0.611. The van der Waals surface area contributed by atoms with Crippen molar-refractivity contribution in [1.29, 1.82) is 0 Å². The molecule has 24 heavy (non-hydrogen) atoms. The normalized spacial score (nSPS) is 17.0. The summed E-state index contributed by atoms with van der Waals surface area (Å²) in [6, 6.07) is 8.00. The second kappa shape index (κ2) is 8.89. The van der Waals surface area contributed by atoms with Gasteiger partial charge >= 0.3 is 0 Å². The molecular formula is C18H30N4O2. The molecule has 1 aliphatic heterocycles. The molecule has 1 aliphatic rings. The summed E-state index contributed by atoms with van der Waals surface area (Å²) in [5.41, 5.74) is 1.13. The number of carbonyl (C=O) groups is 1. The van der Waals surface area contributed by atoms with E-state index in [1.165, 1.54) is 0 Å². The van der Waals surface area contributed by atoms with Crippen molar-refractivity contribution in [2.45, 2.75) is 13.0 Å². The third kappa shape index (κ3) is 4.85. The molecule has 0 spiro atoms. The minimum Gasteiger partial charge on any atom is -0.495 e. The summed E-state index contributed by atoms with van der Waals surface area (Å²) in [5.74, 6) is 1.02. The van der Waals surface area contributed by atoms with E-state index in [1.54, 1.807) is 7.11 Å². The largest absolute Gasteiger partial charge is 0.495 e. The lowest BCUT2D eigenvalue weighted by Gasteiger charge is -2.38. The van der Waals surface area contributed by atoms with Crippen molar-refractivity contribution in [2.24, 2.45) is 0 Å². The summed E-state index contributed by atoms with van der Waals surface area (Å²) in [4.78, 5) is 18.9. The Labute approximate surface area is 145 Å². The number of ether oxygens (including phenoxy) is 1. The molecule has 1 N–H and O–H groups in total. The van der Waals surface area contributed by atoms with E-state index in [-0.39, 0.29) is 11.9 Å². The zero-order valence-corrected chi connectivity index (χ0v) is 15.3. The number of rotatable bonds is 7. The Morgan fingerprint density at radius 2 is 1.92 bits per heavy atom. The van der Waals surface area contributed by atoms with Gasteiger partial charge in [0.05, 0.1) is 18.8 Å². The minimum atomic E-state index is -0.0908. The molecule has 1 heterocycles. The van der Waals surface area contributed by atoms with Gasteiger partial charge in [0, 0.05) is 39.3 Å². The van der Waals surface area contributed by atoms with Crippen molar-refractivity contribution in [3.63, 3.8) is 0 Å². The van der Waals surface area contributed by atoms with Crippen LogP contribution in [0.2, 0.25) is 0 Å². The quantitative estimate of drug-likeness (QED) is 0.802.